The van der Waals surface area contributed by atoms with Crippen LogP contribution in [0.4, 0.5) is 0 Å². The molecular weight excluding hydrogens is 400 g/mol. The van der Waals surface area contributed by atoms with E-state index in [0.717, 1.165) is 16.7 Å². The van der Waals surface area contributed by atoms with E-state index in [1.165, 1.54) is 12.1 Å². The molecule has 6 nitrogen and oxygen atoms in total. The molecule has 3 aromatic carbocycles. The summed E-state index contributed by atoms with van der Waals surface area (Å²) in [7, 11) is -4.04. The number of benzene rings is 3. The molecule has 0 radical (unpaired) electrons. The lowest BCUT2D eigenvalue weighted by molar-refractivity contribution is -0.121. The van der Waals surface area contributed by atoms with Gasteiger partial charge >= 0.3 is 0 Å². The molecule has 1 aliphatic rings. The van der Waals surface area contributed by atoms with Crippen molar-refractivity contribution in [3.63, 3.8) is 0 Å². The topological polar surface area (TPSA) is 83.6 Å². The van der Waals surface area contributed by atoms with E-state index in [1.807, 2.05) is 61.5 Å². The highest BCUT2D eigenvalue weighted by atomic mass is 32.2. The summed E-state index contributed by atoms with van der Waals surface area (Å²) in [5.74, 6) is -1.25. The van der Waals surface area contributed by atoms with Gasteiger partial charge in [0.15, 0.2) is 0 Å². The van der Waals surface area contributed by atoms with E-state index in [1.54, 1.807) is 12.1 Å². The van der Waals surface area contributed by atoms with Crippen molar-refractivity contribution in [2.24, 2.45) is 0 Å². The minimum atomic E-state index is -4.04. The predicted octanol–water partition coefficient (Wildman–Crippen LogP) is 3.05. The standard InChI is InChI=1S/C23H20N2O4S/c1-16-9-5-6-12-18(16)22(17-10-3-2-4-11-17)24-21(26)15-25-23(27)19-13-7-8-14-20(19)30(25,28)29/h2-14,22H,15H2,1H3,(H,24,26)/t22-/m1/s1. The highest BCUT2D eigenvalue weighted by Crippen LogP contribution is 2.30. The lowest BCUT2D eigenvalue weighted by Crippen LogP contribution is -2.41. The summed E-state index contributed by atoms with van der Waals surface area (Å²) in [6.45, 7) is 1.37. The van der Waals surface area contributed by atoms with Gasteiger partial charge in [0.2, 0.25) is 5.91 Å². The van der Waals surface area contributed by atoms with Crippen LogP contribution in [-0.2, 0) is 14.8 Å². The number of amides is 2. The molecule has 0 aliphatic carbocycles. The van der Waals surface area contributed by atoms with Crippen LogP contribution in [0.25, 0.3) is 0 Å². The van der Waals surface area contributed by atoms with Crippen LogP contribution in [0.2, 0.25) is 0 Å². The van der Waals surface area contributed by atoms with Crippen LogP contribution in [0, 0.1) is 6.92 Å². The first-order valence-electron chi connectivity index (χ1n) is 9.45. The van der Waals surface area contributed by atoms with Crippen LogP contribution < -0.4 is 5.32 Å². The smallest absolute Gasteiger partial charge is 0.269 e. The zero-order chi connectivity index (χ0) is 21.3. The number of rotatable bonds is 5. The van der Waals surface area contributed by atoms with Crippen molar-refractivity contribution in [1.29, 1.82) is 0 Å². The highest BCUT2D eigenvalue weighted by molar-refractivity contribution is 7.90. The van der Waals surface area contributed by atoms with Gasteiger partial charge in [-0.15, -0.1) is 0 Å². The molecule has 0 spiro atoms. The molecule has 3 aromatic rings. The number of hydrogen-bond donors (Lipinski definition) is 1. The summed E-state index contributed by atoms with van der Waals surface area (Å²) < 4.78 is 26.1. The molecular formula is C23H20N2O4S. The van der Waals surface area contributed by atoms with E-state index < -0.39 is 34.4 Å². The van der Waals surface area contributed by atoms with Crippen LogP contribution in [0.3, 0.4) is 0 Å². The average molecular weight is 420 g/mol. The van der Waals surface area contributed by atoms with E-state index in [-0.39, 0.29) is 10.5 Å². The number of nitrogens with zero attached hydrogens (tertiary/aromatic N) is 1. The number of carbonyl (C=O) groups excluding carboxylic acids is 2. The van der Waals surface area contributed by atoms with Crippen molar-refractivity contribution in [3.8, 4) is 0 Å². The van der Waals surface area contributed by atoms with Gasteiger partial charge in [-0.25, -0.2) is 12.7 Å². The van der Waals surface area contributed by atoms with Crippen LogP contribution in [0.15, 0.2) is 83.8 Å². The molecule has 0 saturated carbocycles. The van der Waals surface area contributed by atoms with Crippen LogP contribution >= 0.6 is 0 Å². The largest absolute Gasteiger partial charge is 0.344 e. The van der Waals surface area contributed by atoms with Crippen LogP contribution in [-0.4, -0.2) is 31.1 Å². The number of hydrogen-bond acceptors (Lipinski definition) is 4. The lowest BCUT2D eigenvalue weighted by Gasteiger charge is -2.23. The Balaban J connectivity index is 1.62. The Morgan fingerprint density at radius 2 is 1.57 bits per heavy atom. The average Bonchev–Trinajstić information content (AvgIpc) is 2.94. The van der Waals surface area contributed by atoms with Crippen molar-refractivity contribution in [3.05, 3.63) is 101 Å². The molecule has 1 N–H and O–H groups in total. The second kappa shape index (κ2) is 7.76. The van der Waals surface area contributed by atoms with Crippen molar-refractivity contribution >= 4 is 21.8 Å². The van der Waals surface area contributed by atoms with Crippen molar-refractivity contribution < 1.29 is 18.0 Å². The summed E-state index contributed by atoms with van der Waals surface area (Å²) >= 11 is 0. The van der Waals surface area contributed by atoms with Crippen molar-refractivity contribution in [2.45, 2.75) is 17.9 Å². The normalized spacial score (nSPS) is 15.5. The fourth-order valence-corrected chi connectivity index (χ4v) is 5.15. The van der Waals surface area contributed by atoms with Gasteiger partial charge in [-0.3, -0.25) is 9.59 Å². The van der Waals surface area contributed by atoms with Gasteiger partial charge < -0.3 is 5.32 Å². The van der Waals surface area contributed by atoms with Gasteiger partial charge in [0.05, 0.1) is 11.6 Å². The maximum absolute atomic E-state index is 12.9. The Morgan fingerprint density at radius 3 is 2.27 bits per heavy atom. The maximum atomic E-state index is 12.9. The number of fused-ring (bicyclic) bond motifs is 1. The monoisotopic (exact) mass is 420 g/mol. The number of sulfonamides is 1. The second-order valence-corrected chi connectivity index (χ2v) is 8.91. The molecule has 0 unspecified atom stereocenters. The molecule has 1 aliphatic heterocycles. The molecule has 0 aromatic heterocycles. The van der Waals surface area contributed by atoms with E-state index in [4.69, 9.17) is 0 Å². The Labute approximate surface area is 175 Å². The third kappa shape index (κ3) is 3.48. The Morgan fingerprint density at radius 1 is 0.933 bits per heavy atom. The Hall–Kier alpha value is -3.45. The summed E-state index contributed by atoms with van der Waals surface area (Å²) in [5.41, 5.74) is 2.84. The molecule has 7 heteroatoms. The molecule has 0 bridgehead atoms. The quantitative estimate of drug-likeness (QED) is 0.688. The second-order valence-electron chi connectivity index (χ2n) is 7.08. The van der Waals surface area contributed by atoms with E-state index in [0.29, 0.717) is 4.31 Å². The third-order valence-corrected chi connectivity index (χ3v) is 6.92. The fourth-order valence-electron chi connectivity index (χ4n) is 3.62. The predicted molar refractivity (Wildman–Crippen MR) is 112 cm³/mol. The first kappa shape index (κ1) is 19.8. The number of carbonyl (C=O) groups is 2. The molecule has 2 amide bonds. The van der Waals surface area contributed by atoms with Gasteiger partial charge in [-0.1, -0.05) is 66.7 Å². The Bertz CT molecular complexity index is 1220. The fraction of sp³-hybridized carbons (Fsp3) is 0.130. The first-order valence-corrected chi connectivity index (χ1v) is 10.9. The van der Waals surface area contributed by atoms with Crippen molar-refractivity contribution in [1.82, 2.24) is 9.62 Å². The third-order valence-electron chi connectivity index (χ3n) is 5.14. The van der Waals surface area contributed by atoms with Gasteiger partial charge in [-0.2, -0.15) is 0 Å². The highest BCUT2D eigenvalue weighted by Gasteiger charge is 2.42. The maximum Gasteiger partial charge on any atom is 0.269 e. The van der Waals surface area contributed by atoms with E-state index in [9.17, 15) is 18.0 Å². The molecule has 1 heterocycles. The molecule has 30 heavy (non-hydrogen) atoms. The number of aryl methyl sites for hydroxylation is 1. The van der Waals surface area contributed by atoms with Gasteiger partial charge in [0.25, 0.3) is 15.9 Å². The van der Waals surface area contributed by atoms with E-state index >= 15 is 0 Å². The summed E-state index contributed by atoms with van der Waals surface area (Å²) in [6.07, 6.45) is 0. The summed E-state index contributed by atoms with van der Waals surface area (Å²) in [4.78, 5) is 25.4. The zero-order valence-electron chi connectivity index (χ0n) is 16.3. The van der Waals surface area contributed by atoms with Crippen LogP contribution in [0.1, 0.15) is 33.1 Å². The summed E-state index contributed by atoms with van der Waals surface area (Å²) in [6, 6.07) is 22.6. The first-order chi connectivity index (χ1) is 14.4. The van der Waals surface area contributed by atoms with Gasteiger partial charge in [0.1, 0.15) is 11.4 Å². The lowest BCUT2D eigenvalue weighted by atomic mass is 9.95. The minimum Gasteiger partial charge on any atom is -0.344 e. The molecule has 4 rings (SSSR count). The SMILES string of the molecule is Cc1ccccc1[C@H](NC(=O)CN1C(=O)c2ccccc2S1(=O)=O)c1ccccc1. The van der Waals surface area contributed by atoms with Gasteiger partial charge in [-0.05, 0) is 35.7 Å². The van der Waals surface area contributed by atoms with Crippen LogP contribution in [0.5, 0.6) is 0 Å². The number of nitrogens with one attached hydrogen (secondary N) is 1. The molecule has 1 atom stereocenters. The summed E-state index contributed by atoms with van der Waals surface area (Å²) in [5, 5.41) is 2.91. The zero-order valence-corrected chi connectivity index (χ0v) is 17.1. The van der Waals surface area contributed by atoms with Gasteiger partial charge in [0, 0.05) is 0 Å². The minimum absolute atomic E-state index is 0.0682. The van der Waals surface area contributed by atoms with E-state index in [2.05, 4.69) is 5.32 Å². The molecule has 152 valence electrons. The van der Waals surface area contributed by atoms with Crippen molar-refractivity contribution in [2.75, 3.05) is 6.54 Å². The molecule has 0 saturated heterocycles. The Kier molecular flexibility index (Phi) is 5.13. The molecule has 0 fully saturated rings.